The molecule has 1 amide bonds. The highest BCUT2D eigenvalue weighted by atomic mass is 79.9. The molecule has 2 aromatic rings. The van der Waals surface area contributed by atoms with Gasteiger partial charge in [0.15, 0.2) is 5.72 Å². The highest BCUT2D eigenvalue weighted by molar-refractivity contribution is 9.10. The van der Waals surface area contributed by atoms with Gasteiger partial charge < -0.3 is 14.7 Å². The van der Waals surface area contributed by atoms with Crippen molar-refractivity contribution in [3.63, 3.8) is 0 Å². The van der Waals surface area contributed by atoms with Gasteiger partial charge in [0.1, 0.15) is 11.5 Å². The molecule has 1 N–H and O–H groups in total. The highest BCUT2D eigenvalue weighted by Crippen LogP contribution is 2.50. The van der Waals surface area contributed by atoms with E-state index in [-0.39, 0.29) is 17.6 Å². The molecule has 0 radical (unpaired) electrons. The molecule has 2 aliphatic rings. The predicted octanol–water partition coefficient (Wildman–Crippen LogP) is 5.68. The van der Waals surface area contributed by atoms with E-state index < -0.39 is 5.72 Å². The number of piperidine rings is 1. The minimum atomic E-state index is -0.762. The number of rotatable bonds is 2. The van der Waals surface area contributed by atoms with Gasteiger partial charge in [-0.2, -0.15) is 0 Å². The lowest BCUT2D eigenvalue weighted by molar-refractivity contribution is -0.153. The van der Waals surface area contributed by atoms with Gasteiger partial charge in [-0.3, -0.25) is 4.79 Å². The predicted molar refractivity (Wildman–Crippen MR) is 113 cm³/mol. The van der Waals surface area contributed by atoms with Crippen molar-refractivity contribution in [2.24, 2.45) is 0 Å². The number of nitrogens with zero attached hydrogens (tertiary/aromatic N) is 1. The zero-order chi connectivity index (χ0) is 20.1. The largest absolute Gasteiger partial charge is 0.507 e. The number of carbonyl (C=O) groups is 1. The van der Waals surface area contributed by atoms with E-state index in [1.54, 1.807) is 30.2 Å². The van der Waals surface area contributed by atoms with Crippen LogP contribution in [0.15, 0.2) is 64.3 Å². The number of hydrogen-bond acceptors (Lipinski definition) is 3. The SMILES string of the molecule is CN1C(=O)C(=C(O)C=Cc2ccc(Br)cc2)C2CC1(C)Oc1ccc(Cl)cc12. The lowest BCUT2D eigenvalue weighted by Gasteiger charge is -2.50. The summed E-state index contributed by atoms with van der Waals surface area (Å²) >= 11 is 9.59. The first-order valence-corrected chi connectivity index (χ1v) is 10.1. The first-order chi connectivity index (χ1) is 13.3. The number of aliphatic hydroxyl groups excluding tert-OH is 1. The third-order valence-corrected chi connectivity index (χ3v) is 6.20. The molecule has 1 saturated heterocycles. The Kier molecular flexibility index (Phi) is 4.76. The number of fused-ring (bicyclic) bond motifs is 4. The number of likely N-dealkylation sites (N-methyl/N-ethyl adjacent to an activating group) is 1. The Balaban J connectivity index is 1.80. The van der Waals surface area contributed by atoms with Crippen molar-refractivity contribution in [3.8, 4) is 5.75 Å². The third-order valence-electron chi connectivity index (χ3n) is 5.43. The highest BCUT2D eigenvalue weighted by Gasteiger charge is 2.51. The Morgan fingerprint density at radius 1 is 1.32 bits per heavy atom. The molecule has 144 valence electrons. The molecule has 0 aromatic heterocycles. The molecule has 0 spiro atoms. The van der Waals surface area contributed by atoms with E-state index >= 15 is 0 Å². The summed E-state index contributed by atoms with van der Waals surface area (Å²) in [6, 6.07) is 13.1. The van der Waals surface area contributed by atoms with Crippen LogP contribution in [-0.4, -0.2) is 28.7 Å². The summed E-state index contributed by atoms with van der Waals surface area (Å²) in [6.45, 7) is 1.89. The quantitative estimate of drug-likeness (QED) is 0.463. The minimum absolute atomic E-state index is 0.0420. The van der Waals surface area contributed by atoms with Crippen LogP contribution >= 0.6 is 27.5 Å². The Bertz CT molecular complexity index is 1010. The van der Waals surface area contributed by atoms with Gasteiger partial charge in [-0.25, -0.2) is 0 Å². The summed E-state index contributed by atoms with van der Waals surface area (Å²) in [6.07, 6.45) is 3.91. The first-order valence-electron chi connectivity index (χ1n) is 8.92. The fourth-order valence-electron chi connectivity index (χ4n) is 3.79. The van der Waals surface area contributed by atoms with Gasteiger partial charge in [-0.1, -0.05) is 45.7 Å². The van der Waals surface area contributed by atoms with Crippen molar-refractivity contribution >= 4 is 39.5 Å². The number of ether oxygens (including phenoxy) is 1. The molecule has 4 rings (SSSR count). The molecule has 28 heavy (non-hydrogen) atoms. The second kappa shape index (κ2) is 6.98. The van der Waals surface area contributed by atoms with Crippen molar-refractivity contribution in [2.45, 2.75) is 25.0 Å². The van der Waals surface area contributed by atoms with Crippen LogP contribution in [0.4, 0.5) is 0 Å². The first kappa shape index (κ1) is 19.1. The molecule has 2 heterocycles. The average molecular weight is 461 g/mol. The fourth-order valence-corrected chi connectivity index (χ4v) is 4.23. The summed E-state index contributed by atoms with van der Waals surface area (Å²) in [5.74, 6) is 0.109. The number of aliphatic hydroxyl groups is 1. The van der Waals surface area contributed by atoms with Gasteiger partial charge in [0.2, 0.25) is 0 Å². The van der Waals surface area contributed by atoms with Crippen LogP contribution in [0.25, 0.3) is 6.08 Å². The van der Waals surface area contributed by atoms with Gasteiger partial charge in [0.25, 0.3) is 5.91 Å². The molecule has 2 aromatic carbocycles. The topological polar surface area (TPSA) is 49.8 Å². The minimum Gasteiger partial charge on any atom is -0.507 e. The van der Waals surface area contributed by atoms with Crippen LogP contribution in [0.1, 0.15) is 30.4 Å². The molecule has 4 nitrogen and oxygen atoms in total. The summed E-state index contributed by atoms with van der Waals surface area (Å²) < 4.78 is 7.09. The molecule has 2 unspecified atom stereocenters. The summed E-state index contributed by atoms with van der Waals surface area (Å²) in [5, 5.41) is 11.4. The van der Waals surface area contributed by atoms with Gasteiger partial charge in [-0.05, 0) is 48.9 Å². The van der Waals surface area contributed by atoms with E-state index in [9.17, 15) is 9.90 Å². The number of halogens is 2. The van der Waals surface area contributed by atoms with Crippen molar-refractivity contribution in [1.82, 2.24) is 4.90 Å². The van der Waals surface area contributed by atoms with Crippen molar-refractivity contribution < 1.29 is 14.6 Å². The Morgan fingerprint density at radius 3 is 2.75 bits per heavy atom. The van der Waals surface area contributed by atoms with Crippen LogP contribution in [0.3, 0.4) is 0 Å². The molecule has 0 saturated carbocycles. The fraction of sp³-hybridized carbons (Fsp3) is 0.227. The number of allylic oxidation sites excluding steroid dienone is 1. The van der Waals surface area contributed by atoms with E-state index in [1.807, 2.05) is 43.3 Å². The number of likely N-dealkylation sites (tertiary alicyclic amines) is 1. The molecule has 1 fully saturated rings. The monoisotopic (exact) mass is 459 g/mol. The van der Waals surface area contributed by atoms with Crippen LogP contribution in [0, 0.1) is 0 Å². The maximum absolute atomic E-state index is 13.1. The number of hydrogen-bond donors (Lipinski definition) is 1. The van der Waals surface area contributed by atoms with Gasteiger partial charge in [-0.15, -0.1) is 0 Å². The second-order valence-electron chi connectivity index (χ2n) is 7.26. The Morgan fingerprint density at radius 2 is 2.04 bits per heavy atom. The van der Waals surface area contributed by atoms with E-state index in [0.29, 0.717) is 22.8 Å². The zero-order valence-corrected chi connectivity index (χ0v) is 17.8. The zero-order valence-electron chi connectivity index (χ0n) is 15.4. The van der Waals surface area contributed by atoms with Crippen LogP contribution in [-0.2, 0) is 4.79 Å². The van der Waals surface area contributed by atoms with Crippen LogP contribution in [0.5, 0.6) is 5.75 Å². The smallest absolute Gasteiger partial charge is 0.256 e. The number of benzene rings is 2. The Labute approximate surface area is 177 Å². The van der Waals surface area contributed by atoms with Crippen LogP contribution < -0.4 is 4.74 Å². The van der Waals surface area contributed by atoms with Crippen LogP contribution in [0.2, 0.25) is 5.02 Å². The number of carbonyl (C=O) groups excluding carboxylic acids is 1. The normalized spacial score (nSPS) is 25.5. The molecule has 2 aliphatic heterocycles. The van der Waals surface area contributed by atoms with Gasteiger partial charge >= 0.3 is 0 Å². The molecule has 0 aliphatic carbocycles. The van der Waals surface area contributed by atoms with Crippen molar-refractivity contribution in [1.29, 1.82) is 0 Å². The standard InChI is InChI=1S/C22H19BrClNO3/c1-22-12-17(16-11-15(24)8-10-19(16)28-22)20(21(27)25(22)2)18(26)9-5-13-3-6-14(23)7-4-13/h3-11,17,26H,12H2,1-2H3. The summed E-state index contributed by atoms with van der Waals surface area (Å²) in [7, 11) is 1.70. The molecule has 2 bridgehead atoms. The number of amides is 1. The van der Waals surface area contributed by atoms with E-state index in [0.717, 1.165) is 15.6 Å². The maximum Gasteiger partial charge on any atom is 0.256 e. The average Bonchev–Trinajstić information content (AvgIpc) is 2.66. The summed E-state index contributed by atoms with van der Waals surface area (Å²) in [4.78, 5) is 14.6. The van der Waals surface area contributed by atoms with Crippen molar-refractivity contribution in [2.75, 3.05) is 7.05 Å². The Hall–Kier alpha value is -2.24. The van der Waals surface area contributed by atoms with E-state index in [4.69, 9.17) is 16.3 Å². The lowest BCUT2D eigenvalue weighted by Crippen LogP contribution is -2.59. The van der Waals surface area contributed by atoms with Gasteiger partial charge in [0.05, 0.1) is 5.57 Å². The lowest BCUT2D eigenvalue weighted by atomic mass is 9.77. The second-order valence-corrected chi connectivity index (χ2v) is 8.62. The third kappa shape index (κ3) is 3.23. The summed E-state index contributed by atoms with van der Waals surface area (Å²) in [5.41, 5.74) is 1.35. The molecular weight excluding hydrogens is 442 g/mol. The molecule has 6 heteroatoms. The molecule has 2 atom stereocenters. The van der Waals surface area contributed by atoms with Crippen molar-refractivity contribution in [3.05, 3.63) is 80.5 Å². The van der Waals surface area contributed by atoms with Gasteiger partial charge in [0, 0.05) is 34.4 Å². The van der Waals surface area contributed by atoms with E-state index in [1.165, 1.54) is 0 Å². The maximum atomic E-state index is 13.1. The molecular formula is C22H19BrClNO3. The van der Waals surface area contributed by atoms with E-state index in [2.05, 4.69) is 15.9 Å².